The zero-order valence-corrected chi connectivity index (χ0v) is 23.1. The predicted molar refractivity (Wildman–Crippen MR) is 156 cm³/mol. The second-order valence-electron chi connectivity index (χ2n) is 9.62. The number of thioether (sulfide) groups is 1. The zero-order chi connectivity index (χ0) is 27.9. The minimum absolute atomic E-state index is 0.0521. The molecule has 204 valence electrons. The van der Waals surface area contributed by atoms with E-state index >= 15 is 0 Å². The maximum absolute atomic E-state index is 14.4. The first kappa shape index (κ1) is 27.5. The van der Waals surface area contributed by atoms with Gasteiger partial charge < -0.3 is 9.47 Å². The van der Waals surface area contributed by atoms with Crippen molar-refractivity contribution in [2.75, 3.05) is 6.61 Å². The van der Waals surface area contributed by atoms with Crippen molar-refractivity contribution in [2.45, 2.75) is 51.7 Å². The van der Waals surface area contributed by atoms with E-state index in [1.54, 1.807) is 29.2 Å². The summed E-state index contributed by atoms with van der Waals surface area (Å²) in [6.07, 6.45) is 6.91. The minimum Gasteiger partial charge on any atom is -0.490 e. The average molecular weight is 556 g/mol. The van der Waals surface area contributed by atoms with E-state index in [0.29, 0.717) is 33.7 Å². The molecule has 0 radical (unpaired) electrons. The Bertz CT molecular complexity index is 1490. The molecule has 0 aromatic heterocycles. The first-order chi connectivity index (χ1) is 19.6. The first-order valence-electron chi connectivity index (χ1n) is 13.5. The standard InChI is InChI=1S/C32H30FN3O3S/c1-2-38-29-18-22(16-17-28(29)39-21-24-11-7-6-10-23(24)20-34)19-30-31(37)36(25-12-4-3-5-13-25)32(40-30)35-27-15-9-8-14-26(27)33/h6-11,14-19,25H,2-5,12-13,21H2,1H3/b30-19-,35-32?. The van der Waals surface area contributed by atoms with E-state index in [1.807, 2.05) is 49.4 Å². The summed E-state index contributed by atoms with van der Waals surface area (Å²) >= 11 is 1.27. The van der Waals surface area contributed by atoms with Crippen LogP contribution in [-0.2, 0) is 11.4 Å². The largest absolute Gasteiger partial charge is 0.490 e. The molecule has 40 heavy (non-hydrogen) atoms. The zero-order valence-electron chi connectivity index (χ0n) is 22.3. The molecule has 0 unspecified atom stereocenters. The highest BCUT2D eigenvalue weighted by Crippen LogP contribution is 2.39. The van der Waals surface area contributed by atoms with Crippen LogP contribution in [0.5, 0.6) is 11.5 Å². The van der Waals surface area contributed by atoms with Crippen molar-refractivity contribution < 1.29 is 18.7 Å². The molecule has 1 heterocycles. The number of amidine groups is 1. The second kappa shape index (κ2) is 12.8. The van der Waals surface area contributed by atoms with Gasteiger partial charge in [0.2, 0.25) is 0 Å². The van der Waals surface area contributed by atoms with Gasteiger partial charge in [0, 0.05) is 11.6 Å². The second-order valence-corrected chi connectivity index (χ2v) is 10.6. The van der Waals surface area contributed by atoms with Crippen molar-refractivity contribution in [2.24, 2.45) is 4.99 Å². The quantitative estimate of drug-likeness (QED) is 0.267. The maximum Gasteiger partial charge on any atom is 0.267 e. The number of nitrogens with zero attached hydrogens (tertiary/aromatic N) is 3. The lowest BCUT2D eigenvalue weighted by atomic mass is 9.94. The monoisotopic (exact) mass is 555 g/mol. The number of amides is 1. The summed E-state index contributed by atoms with van der Waals surface area (Å²) in [6.45, 7) is 2.56. The summed E-state index contributed by atoms with van der Waals surface area (Å²) in [7, 11) is 0. The summed E-state index contributed by atoms with van der Waals surface area (Å²) in [5.41, 5.74) is 2.35. The van der Waals surface area contributed by atoms with Crippen molar-refractivity contribution in [1.82, 2.24) is 4.90 Å². The van der Waals surface area contributed by atoms with Gasteiger partial charge in [-0.2, -0.15) is 5.26 Å². The van der Waals surface area contributed by atoms with Crippen LogP contribution in [0.15, 0.2) is 76.6 Å². The summed E-state index contributed by atoms with van der Waals surface area (Å²) in [5, 5.41) is 9.88. The van der Waals surface area contributed by atoms with E-state index in [4.69, 9.17) is 9.47 Å². The molecule has 2 fully saturated rings. The van der Waals surface area contributed by atoms with E-state index in [2.05, 4.69) is 11.1 Å². The third-order valence-electron chi connectivity index (χ3n) is 6.93. The van der Waals surface area contributed by atoms with Gasteiger partial charge in [0.15, 0.2) is 16.7 Å². The van der Waals surface area contributed by atoms with Crippen LogP contribution in [0.25, 0.3) is 6.08 Å². The molecule has 5 rings (SSSR count). The predicted octanol–water partition coefficient (Wildman–Crippen LogP) is 7.61. The lowest BCUT2D eigenvalue weighted by molar-refractivity contribution is -0.124. The van der Waals surface area contributed by atoms with Crippen LogP contribution in [0.2, 0.25) is 0 Å². The Kier molecular flexibility index (Phi) is 8.82. The van der Waals surface area contributed by atoms with Crippen molar-refractivity contribution in [3.63, 3.8) is 0 Å². The van der Waals surface area contributed by atoms with Gasteiger partial charge in [-0.15, -0.1) is 0 Å². The number of carbonyl (C=O) groups is 1. The van der Waals surface area contributed by atoms with Crippen LogP contribution in [0.3, 0.4) is 0 Å². The van der Waals surface area contributed by atoms with Crippen LogP contribution in [0, 0.1) is 17.1 Å². The van der Waals surface area contributed by atoms with Crippen LogP contribution in [0.4, 0.5) is 10.1 Å². The summed E-state index contributed by atoms with van der Waals surface area (Å²) < 4.78 is 26.3. The Labute approximate surface area is 238 Å². The molecule has 6 nitrogen and oxygen atoms in total. The Balaban J connectivity index is 1.43. The number of hydrogen-bond donors (Lipinski definition) is 0. The molecular weight excluding hydrogens is 525 g/mol. The van der Waals surface area contributed by atoms with Crippen LogP contribution >= 0.6 is 11.8 Å². The number of carbonyl (C=O) groups excluding carboxylic acids is 1. The molecular formula is C32H30FN3O3S. The number of halogens is 1. The fourth-order valence-electron chi connectivity index (χ4n) is 4.94. The Morgan fingerprint density at radius 3 is 2.60 bits per heavy atom. The molecule has 1 saturated carbocycles. The summed E-state index contributed by atoms with van der Waals surface area (Å²) in [5.74, 6) is 0.565. The fourth-order valence-corrected chi connectivity index (χ4v) is 5.99. The highest BCUT2D eigenvalue weighted by Gasteiger charge is 2.38. The van der Waals surface area contributed by atoms with Gasteiger partial charge in [-0.1, -0.05) is 55.7 Å². The number of rotatable bonds is 8. The molecule has 1 aliphatic carbocycles. The highest BCUT2D eigenvalue weighted by atomic mass is 32.2. The summed E-state index contributed by atoms with van der Waals surface area (Å²) in [6, 6.07) is 21.4. The van der Waals surface area contributed by atoms with E-state index in [-0.39, 0.29) is 24.2 Å². The van der Waals surface area contributed by atoms with Gasteiger partial charge in [-0.05, 0) is 73.5 Å². The number of aliphatic imine (C=N–C) groups is 1. The molecule has 0 bridgehead atoms. The van der Waals surface area contributed by atoms with Gasteiger partial charge in [0.05, 0.1) is 23.1 Å². The van der Waals surface area contributed by atoms with E-state index in [9.17, 15) is 14.4 Å². The van der Waals surface area contributed by atoms with Crippen LogP contribution in [-0.4, -0.2) is 28.6 Å². The van der Waals surface area contributed by atoms with Gasteiger partial charge in [0.25, 0.3) is 5.91 Å². The SMILES string of the molecule is CCOc1cc(/C=C2\SC(=Nc3ccccc3F)N(C3CCCCC3)C2=O)ccc1OCc1ccccc1C#N. The van der Waals surface area contributed by atoms with E-state index < -0.39 is 5.82 Å². The topological polar surface area (TPSA) is 74.9 Å². The minimum atomic E-state index is -0.418. The molecule has 3 aromatic carbocycles. The van der Waals surface area contributed by atoms with E-state index in [0.717, 1.165) is 43.2 Å². The fraction of sp³-hybridized carbons (Fsp3) is 0.281. The van der Waals surface area contributed by atoms with Crippen molar-refractivity contribution >= 4 is 34.6 Å². The Morgan fingerprint density at radius 1 is 1.05 bits per heavy atom. The Morgan fingerprint density at radius 2 is 1.82 bits per heavy atom. The first-order valence-corrected chi connectivity index (χ1v) is 14.3. The van der Waals surface area contributed by atoms with Gasteiger partial charge in [-0.3, -0.25) is 9.69 Å². The number of benzene rings is 3. The molecule has 2 aliphatic rings. The van der Waals surface area contributed by atoms with Gasteiger partial charge >= 0.3 is 0 Å². The van der Waals surface area contributed by atoms with Gasteiger partial charge in [-0.25, -0.2) is 9.38 Å². The third kappa shape index (κ3) is 6.21. The van der Waals surface area contributed by atoms with Crippen molar-refractivity contribution in [3.05, 3.63) is 94.1 Å². The molecule has 1 aliphatic heterocycles. The number of para-hydroxylation sites is 1. The number of hydrogen-bond acceptors (Lipinski definition) is 6. The lowest BCUT2D eigenvalue weighted by Crippen LogP contribution is -2.40. The smallest absolute Gasteiger partial charge is 0.267 e. The highest BCUT2D eigenvalue weighted by molar-refractivity contribution is 8.18. The van der Waals surface area contributed by atoms with Gasteiger partial charge in [0.1, 0.15) is 18.1 Å². The third-order valence-corrected chi connectivity index (χ3v) is 7.91. The molecule has 0 N–H and O–H groups in total. The van der Waals surface area contributed by atoms with Crippen molar-refractivity contribution in [1.29, 1.82) is 5.26 Å². The van der Waals surface area contributed by atoms with Crippen LogP contribution < -0.4 is 9.47 Å². The van der Waals surface area contributed by atoms with Crippen LogP contribution in [0.1, 0.15) is 55.7 Å². The Hall–Kier alpha value is -4.09. The van der Waals surface area contributed by atoms with E-state index in [1.165, 1.54) is 17.8 Å². The lowest BCUT2D eigenvalue weighted by Gasteiger charge is -2.30. The number of nitriles is 1. The average Bonchev–Trinajstić information content (AvgIpc) is 3.28. The normalized spacial score (nSPS) is 17.8. The number of ether oxygens (including phenoxy) is 2. The molecule has 8 heteroatoms. The maximum atomic E-state index is 14.4. The molecule has 0 atom stereocenters. The molecule has 1 saturated heterocycles. The van der Waals surface area contributed by atoms with Crippen molar-refractivity contribution in [3.8, 4) is 17.6 Å². The molecule has 1 amide bonds. The molecule has 3 aromatic rings. The molecule has 0 spiro atoms. The summed E-state index contributed by atoms with van der Waals surface area (Å²) in [4.78, 5) is 20.5.